The Morgan fingerprint density at radius 3 is 1.64 bits per heavy atom. The molecule has 0 amide bonds. The Hall–Kier alpha value is -6.12. The molecule has 9 aromatic rings. The van der Waals surface area contributed by atoms with Gasteiger partial charge in [-0.15, -0.1) is 0 Å². The van der Waals surface area contributed by atoms with Gasteiger partial charge in [0.25, 0.3) is 0 Å². The van der Waals surface area contributed by atoms with Crippen molar-refractivity contribution in [3.05, 3.63) is 170 Å². The highest BCUT2D eigenvalue weighted by Crippen LogP contribution is 2.46. The molecule has 0 atom stereocenters. The van der Waals surface area contributed by atoms with Gasteiger partial charge in [-0.25, -0.2) is 0 Å². The summed E-state index contributed by atoms with van der Waals surface area (Å²) >= 11 is 0. The summed E-state index contributed by atoms with van der Waals surface area (Å²) in [6, 6.07) is 53.0. The number of hydrogen-bond acceptors (Lipinski definition) is 2. The van der Waals surface area contributed by atoms with Gasteiger partial charge in [-0.05, 0) is 114 Å². The summed E-state index contributed by atoms with van der Waals surface area (Å²) in [6.07, 6.45) is 5.57. The highest BCUT2D eigenvalue weighted by atomic mass is 14.7. The van der Waals surface area contributed by atoms with Crippen LogP contribution in [0, 0.1) is 6.92 Å². The van der Waals surface area contributed by atoms with Crippen molar-refractivity contribution in [3.63, 3.8) is 0 Å². The van der Waals surface area contributed by atoms with E-state index in [2.05, 4.69) is 145 Å². The predicted molar refractivity (Wildman–Crippen MR) is 199 cm³/mol. The molecule has 0 saturated heterocycles. The SMILES string of the molecule is Cc1ccc2cc(-c3c4ccccc4c(-c4ccc(-c5cc(-c6ccncc6)ccn5)c5ccccc45)c4ccccc34)ccc2c1. The number of aromatic nitrogens is 2. The summed E-state index contributed by atoms with van der Waals surface area (Å²) in [5, 5.41) is 9.94. The number of hydrogen-bond donors (Lipinski definition) is 0. The Kier molecular flexibility index (Phi) is 6.39. The molecule has 2 aromatic heterocycles. The van der Waals surface area contributed by atoms with Gasteiger partial charge in [-0.1, -0.05) is 121 Å². The Bertz CT molecular complexity index is 2580. The minimum atomic E-state index is 0.957. The van der Waals surface area contributed by atoms with Gasteiger partial charge in [0.15, 0.2) is 0 Å². The van der Waals surface area contributed by atoms with Crippen molar-refractivity contribution in [2.75, 3.05) is 0 Å². The molecular formula is C45H30N2. The fourth-order valence-electron chi connectivity index (χ4n) is 7.29. The van der Waals surface area contributed by atoms with Crippen molar-refractivity contribution < 1.29 is 0 Å². The smallest absolute Gasteiger partial charge is 0.0714 e. The van der Waals surface area contributed by atoms with Crippen LogP contribution in [-0.2, 0) is 0 Å². The first kappa shape index (κ1) is 27.2. The Labute approximate surface area is 273 Å². The zero-order chi connectivity index (χ0) is 31.3. The lowest BCUT2D eigenvalue weighted by Crippen LogP contribution is -1.93. The van der Waals surface area contributed by atoms with E-state index in [0.29, 0.717) is 0 Å². The monoisotopic (exact) mass is 598 g/mol. The van der Waals surface area contributed by atoms with Crippen LogP contribution in [0.4, 0.5) is 0 Å². The molecule has 2 nitrogen and oxygen atoms in total. The number of fused-ring (bicyclic) bond motifs is 4. The number of pyridine rings is 2. The second kappa shape index (κ2) is 11.0. The van der Waals surface area contributed by atoms with Crippen molar-refractivity contribution in [2.24, 2.45) is 0 Å². The standard InChI is InChI=1S/C45H30N2/c1-29-14-15-32-27-34(17-16-31(32)26-29)44-38-10-4-6-12-40(38)45(41-13-7-5-11-39(41)44)42-19-18-37(35-8-2-3-9-36(35)42)43-28-33(22-25-47-43)30-20-23-46-24-21-30/h2-28H,1H3. The van der Waals surface area contributed by atoms with E-state index >= 15 is 0 Å². The van der Waals surface area contributed by atoms with Gasteiger partial charge < -0.3 is 0 Å². The Morgan fingerprint density at radius 1 is 0.383 bits per heavy atom. The van der Waals surface area contributed by atoms with Crippen LogP contribution in [0.1, 0.15) is 5.56 Å². The summed E-state index contributed by atoms with van der Waals surface area (Å²) < 4.78 is 0. The van der Waals surface area contributed by atoms with Crippen molar-refractivity contribution in [1.82, 2.24) is 9.97 Å². The third-order valence-electron chi connectivity index (χ3n) is 9.46. The summed E-state index contributed by atoms with van der Waals surface area (Å²) in [5.41, 5.74) is 10.6. The van der Waals surface area contributed by atoms with Gasteiger partial charge in [0.2, 0.25) is 0 Å². The quantitative estimate of drug-likeness (QED) is 0.188. The van der Waals surface area contributed by atoms with Crippen LogP contribution in [0.5, 0.6) is 0 Å². The third kappa shape index (κ3) is 4.57. The molecule has 0 N–H and O–H groups in total. The fraction of sp³-hybridized carbons (Fsp3) is 0.0222. The van der Waals surface area contributed by atoms with E-state index in [1.807, 2.05) is 30.7 Å². The highest BCUT2D eigenvalue weighted by molar-refractivity contribution is 6.24. The Morgan fingerprint density at radius 2 is 0.936 bits per heavy atom. The first-order valence-electron chi connectivity index (χ1n) is 16.1. The third-order valence-corrected chi connectivity index (χ3v) is 9.46. The van der Waals surface area contributed by atoms with Crippen LogP contribution >= 0.6 is 0 Å². The molecule has 0 aliphatic heterocycles. The van der Waals surface area contributed by atoms with E-state index in [4.69, 9.17) is 4.98 Å². The average molecular weight is 599 g/mol. The number of benzene rings is 7. The molecule has 0 radical (unpaired) electrons. The molecule has 47 heavy (non-hydrogen) atoms. The highest BCUT2D eigenvalue weighted by Gasteiger charge is 2.19. The van der Waals surface area contributed by atoms with Crippen LogP contribution < -0.4 is 0 Å². The topological polar surface area (TPSA) is 25.8 Å². The average Bonchev–Trinajstić information content (AvgIpc) is 3.14. The van der Waals surface area contributed by atoms with Crippen LogP contribution in [-0.4, -0.2) is 9.97 Å². The van der Waals surface area contributed by atoms with E-state index in [1.54, 1.807) is 0 Å². The zero-order valence-electron chi connectivity index (χ0n) is 26.0. The lowest BCUT2D eigenvalue weighted by atomic mass is 9.83. The van der Waals surface area contributed by atoms with Gasteiger partial charge in [-0.3, -0.25) is 9.97 Å². The van der Waals surface area contributed by atoms with E-state index in [9.17, 15) is 0 Å². The first-order valence-corrected chi connectivity index (χ1v) is 16.1. The molecule has 0 aliphatic carbocycles. The van der Waals surface area contributed by atoms with Gasteiger partial charge in [0.1, 0.15) is 0 Å². The van der Waals surface area contributed by atoms with Gasteiger partial charge >= 0.3 is 0 Å². The maximum absolute atomic E-state index is 4.84. The zero-order valence-corrected chi connectivity index (χ0v) is 26.0. The molecule has 2 heterocycles. The molecule has 0 aliphatic rings. The van der Waals surface area contributed by atoms with Crippen molar-refractivity contribution >= 4 is 43.1 Å². The molecule has 0 unspecified atom stereocenters. The second-order valence-electron chi connectivity index (χ2n) is 12.3. The van der Waals surface area contributed by atoms with Gasteiger partial charge in [0, 0.05) is 24.2 Å². The summed E-state index contributed by atoms with van der Waals surface area (Å²) in [4.78, 5) is 9.04. The molecule has 2 heteroatoms. The Balaban J connectivity index is 1.30. The predicted octanol–water partition coefficient (Wildman–Crippen LogP) is 12.1. The van der Waals surface area contributed by atoms with Crippen molar-refractivity contribution in [3.8, 4) is 44.6 Å². The molecule has 9 rings (SSSR count). The lowest BCUT2D eigenvalue weighted by Gasteiger charge is -2.20. The first-order chi connectivity index (χ1) is 23.2. The molecule has 0 bridgehead atoms. The largest absolute Gasteiger partial charge is 0.265 e. The molecule has 7 aromatic carbocycles. The molecule has 0 saturated carbocycles. The molecule has 220 valence electrons. The molecule has 0 spiro atoms. The maximum Gasteiger partial charge on any atom is 0.0714 e. The number of aryl methyl sites for hydroxylation is 1. The van der Waals surface area contributed by atoms with Gasteiger partial charge in [-0.2, -0.15) is 0 Å². The normalized spacial score (nSPS) is 11.5. The van der Waals surface area contributed by atoms with E-state index in [1.165, 1.54) is 70.9 Å². The minimum absolute atomic E-state index is 0.957. The van der Waals surface area contributed by atoms with Crippen LogP contribution in [0.15, 0.2) is 164 Å². The summed E-state index contributed by atoms with van der Waals surface area (Å²) in [6.45, 7) is 2.15. The minimum Gasteiger partial charge on any atom is -0.265 e. The van der Waals surface area contributed by atoms with Crippen LogP contribution in [0.3, 0.4) is 0 Å². The van der Waals surface area contributed by atoms with E-state index in [0.717, 1.165) is 22.4 Å². The molecule has 0 fully saturated rings. The lowest BCUT2D eigenvalue weighted by molar-refractivity contribution is 1.31. The van der Waals surface area contributed by atoms with E-state index < -0.39 is 0 Å². The van der Waals surface area contributed by atoms with Crippen LogP contribution in [0.2, 0.25) is 0 Å². The second-order valence-corrected chi connectivity index (χ2v) is 12.3. The summed E-state index contributed by atoms with van der Waals surface area (Å²) in [5.74, 6) is 0. The van der Waals surface area contributed by atoms with E-state index in [-0.39, 0.29) is 0 Å². The van der Waals surface area contributed by atoms with Crippen molar-refractivity contribution in [1.29, 1.82) is 0 Å². The number of nitrogens with zero attached hydrogens (tertiary/aromatic N) is 2. The molecular weight excluding hydrogens is 569 g/mol. The van der Waals surface area contributed by atoms with Crippen LogP contribution in [0.25, 0.3) is 87.7 Å². The fourth-order valence-corrected chi connectivity index (χ4v) is 7.29. The van der Waals surface area contributed by atoms with Crippen molar-refractivity contribution in [2.45, 2.75) is 6.92 Å². The maximum atomic E-state index is 4.84. The van der Waals surface area contributed by atoms with Gasteiger partial charge in [0.05, 0.1) is 5.69 Å². The number of rotatable bonds is 4. The summed E-state index contributed by atoms with van der Waals surface area (Å²) in [7, 11) is 0.